The number of halogens is 2. The summed E-state index contributed by atoms with van der Waals surface area (Å²) >= 11 is 12.3. The highest BCUT2D eigenvalue weighted by Crippen LogP contribution is 2.36. The summed E-state index contributed by atoms with van der Waals surface area (Å²) in [4.78, 5) is 0. The lowest BCUT2D eigenvalue weighted by Gasteiger charge is -2.32. The SMILES string of the molecule is CC(C)CC(CCl)(CCl)CCC1CCCO1. The van der Waals surface area contributed by atoms with Crippen molar-refractivity contribution >= 4 is 23.2 Å². The molecule has 0 aromatic heterocycles. The lowest BCUT2D eigenvalue weighted by atomic mass is 9.79. The first kappa shape index (κ1) is 14.6. The second-order valence-electron chi connectivity index (χ2n) is 5.54. The number of rotatable bonds is 7. The van der Waals surface area contributed by atoms with Crippen LogP contribution in [0.25, 0.3) is 0 Å². The maximum atomic E-state index is 6.13. The van der Waals surface area contributed by atoms with Gasteiger partial charge in [-0.15, -0.1) is 23.2 Å². The van der Waals surface area contributed by atoms with Crippen molar-refractivity contribution in [2.24, 2.45) is 11.3 Å². The monoisotopic (exact) mass is 266 g/mol. The molecule has 0 aliphatic carbocycles. The van der Waals surface area contributed by atoms with Crippen LogP contribution in [-0.4, -0.2) is 24.5 Å². The highest BCUT2D eigenvalue weighted by molar-refractivity contribution is 6.21. The van der Waals surface area contributed by atoms with Crippen LogP contribution in [0.4, 0.5) is 0 Å². The summed E-state index contributed by atoms with van der Waals surface area (Å²) in [6.45, 7) is 5.41. The van der Waals surface area contributed by atoms with Gasteiger partial charge in [-0.2, -0.15) is 0 Å². The summed E-state index contributed by atoms with van der Waals surface area (Å²) in [6.07, 6.45) is 6.21. The molecule has 1 saturated heterocycles. The second kappa shape index (κ2) is 7.08. The third-order valence-electron chi connectivity index (χ3n) is 3.43. The van der Waals surface area contributed by atoms with Crippen molar-refractivity contribution in [3.05, 3.63) is 0 Å². The van der Waals surface area contributed by atoms with Crippen LogP contribution >= 0.6 is 23.2 Å². The molecule has 1 heterocycles. The summed E-state index contributed by atoms with van der Waals surface area (Å²) in [6, 6.07) is 0. The molecule has 16 heavy (non-hydrogen) atoms. The third kappa shape index (κ3) is 4.43. The average molecular weight is 267 g/mol. The fraction of sp³-hybridized carbons (Fsp3) is 1.00. The smallest absolute Gasteiger partial charge is 0.0576 e. The van der Waals surface area contributed by atoms with Crippen molar-refractivity contribution in [1.82, 2.24) is 0 Å². The van der Waals surface area contributed by atoms with Crippen LogP contribution in [0.2, 0.25) is 0 Å². The van der Waals surface area contributed by atoms with E-state index in [9.17, 15) is 0 Å². The summed E-state index contributed by atoms with van der Waals surface area (Å²) in [5.41, 5.74) is 0.114. The van der Waals surface area contributed by atoms with Gasteiger partial charge in [-0.25, -0.2) is 0 Å². The van der Waals surface area contributed by atoms with E-state index in [4.69, 9.17) is 27.9 Å². The summed E-state index contributed by atoms with van der Waals surface area (Å²) in [5, 5.41) is 0. The highest BCUT2D eigenvalue weighted by atomic mass is 35.5. The first-order valence-corrected chi connectivity index (χ1v) is 7.42. The van der Waals surface area contributed by atoms with Gasteiger partial charge in [-0.1, -0.05) is 13.8 Å². The van der Waals surface area contributed by atoms with Gasteiger partial charge < -0.3 is 4.74 Å². The first-order valence-electron chi connectivity index (χ1n) is 6.35. The van der Waals surface area contributed by atoms with Gasteiger partial charge in [-0.05, 0) is 43.4 Å². The predicted octanol–water partition coefficient (Wildman–Crippen LogP) is 4.46. The Hall–Kier alpha value is 0.540. The van der Waals surface area contributed by atoms with Crippen molar-refractivity contribution < 1.29 is 4.74 Å². The molecule has 1 aliphatic rings. The minimum atomic E-state index is 0.114. The summed E-state index contributed by atoms with van der Waals surface area (Å²) in [7, 11) is 0. The quantitative estimate of drug-likeness (QED) is 0.619. The van der Waals surface area contributed by atoms with E-state index >= 15 is 0 Å². The number of hydrogen-bond acceptors (Lipinski definition) is 1. The molecule has 1 fully saturated rings. The molecule has 0 aromatic rings. The normalized spacial score (nSPS) is 21.9. The molecule has 1 unspecified atom stereocenters. The number of hydrogen-bond donors (Lipinski definition) is 0. The van der Waals surface area contributed by atoms with Gasteiger partial charge in [0.2, 0.25) is 0 Å². The van der Waals surface area contributed by atoms with Crippen LogP contribution in [0.1, 0.15) is 46.0 Å². The predicted molar refractivity (Wildman–Crippen MR) is 71.5 cm³/mol. The highest BCUT2D eigenvalue weighted by Gasteiger charge is 2.30. The van der Waals surface area contributed by atoms with E-state index < -0.39 is 0 Å². The van der Waals surface area contributed by atoms with Gasteiger partial charge in [0.15, 0.2) is 0 Å². The maximum Gasteiger partial charge on any atom is 0.0576 e. The van der Waals surface area contributed by atoms with E-state index in [1.54, 1.807) is 0 Å². The molecule has 0 aromatic carbocycles. The fourth-order valence-corrected chi connectivity index (χ4v) is 3.36. The molecule has 1 nitrogen and oxygen atoms in total. The fourth-order valence-electron chi connectivity index (χ4n) is 2.59. The van der Waals surface area contributed by atoms with Crippen LogP contribution in [0, 0.1) is 11.3 Å². The molecule has 0 N–H and O–H groups in total. The van der Waals surface area contributed by atoms with Gasteiger partial charge in [0, 0.05) is 18.4 Å². The standard InChI is InChI=1S/C13H24Cl2O/c1-11(2)8-13(9-14,10-15)6-5-12-4-3-7-16-12/h11-12H,3-10H2,1-2H3. The van der Waals surface area contributed by atoms with E-state index in [-0.39, 0.29) is 5.41 Å². The van der Waals surface area contributed by atoms with E-state index in [1.807, 2.05) is 0 Å². The molecule has 3 heteroatoms. The van der Waals surface area contributed by atoms with E-state index in [0.29, 0.717) is 23.8 Å². The number of ether oxygens (including phenoxy) is 1. The largest absolute Gasteiger partial charge is 0.378 e. The van der Waals surface area contributed by atoms with Gasteiger partial charge >= 0.3 is 0 Å². The maximum absolute atomic E-state index is 6.13. The van der Waals surface area contributed by atoms with Crippen LogP contribution < -0.4 is 0 Å². The molecule has 96 valence electrons. The van der Waals surface area contributed by atoms with Crippen LogP contribution in [-0.2, 0) is 4.74 Å². The molecule has 1 aliphatic heterocycles. The van der Waals surface area contributed by atoms with Crippen molar-refractivity contribution in [1.29, 1.82) is 0 Å². The molecule has 0 spiro atoms. The van der Waals surface area contributed by atoms with E-state index in [2.05, 4.69) is 13.8 Å². The van der Waals surface area contributed by atoms with Crippen LogP contribution in [0.15, 0.2) is 0 Å². The average Bonchev–Trinajstić information content (AvgIpc) is 2.77. The Morgan fingerprint density at radius 1 is 1.31 bits per heavy atom. The van der Waals surface area contributed by atoms with Gasteiger partial charge in [0.05, 0.1) is 6.10 Å². The Kier molecular flexibility index (Phi) is 6.46. The van der Waals surface area contributed by atoms with Crippen molar-refractivity contribution in [2.75, 3.05) is 18.4 Å². The van der Waals surface area contributed by atoms with E-state index in [1.165, 1.54) is 12.8 Å². The topological polar surface area (TPSA) is 9.23 Å². The molecule has 0 amide bonds. The van der Waals surface area contributed by atoms with Crippen molar-refractivity contribution in [2.45, 2.75) is 52.1 Å². The lowest BCUT2D eigenvalue weighted by molar-refractivity contribution is 0.0897. The molecular weight excluding hydrogens is 243 g/mol. The molecule has 1 rings (SSSR count). The van der Waals surface area contributed by atoms with Crippen molar-refractivity contribution in [3.63, 3.8) is 0 Å². The zero-order valence-electron chi connectivity index (χ0n) is 10.5. The first-order chi connectivity index (χ1) is 7.62. The third-order valence-corrected chi connectivity index (χ3v) is 4.56. The molecular formula is C13H24Cl2O. The Bertz CT molecular complexity index is 184. The van der Waals surface area contributed by atoms with E-state index in [0.717, 1.165) is 25.9 Å². The Morgan fingerprint density at radius 2 is 2.00 bits per heavy atom. The number of alkyl halides is 2. The zero-order chi connectivity index (χ0) is 12.0. The molecule has 0 saturated carbocycles. The minimum absolute atomic E-state index is 0.114. The van der Waals surface area contributed by atoms with Gasteiger partial charge in [0.25, 0.3) is 0 Å². The molecule has 0 radical (unpaired) electrons. The molecule has 1 atom stereocenters. The van der Waals surface area contributed by atoms with Crippen LogP contribution in [0.3, 0.4) is 0 Å². The van der Waals surface area contributed by atoms with Gasteiger partial charge in [-0.3, -0.25) is 0 Å². The Labute approximate surface area is 110 Å². The Morgan fingerprint density at radius 3 is 2.44 bits per heavy atom. The molecule has 0 bridgehead atoms. The zero-order valence-corrected chi connectivity index (χ0v) is 12.0. The summed E-state index contributed by atoms with van der Waals surface area (Å²) in [5.74, 6) is 1.99. The van der Waals surface area contributed by atoms with Gasteiger partial charge in [0.1, 0.15) is 0 Å². The summed E-state index contributed by atoms with van der Waals surface area (Å²) < 4.78 is 5.66. The minimum Gasteiger partial charge on any atom is -0.378 e. The Balaban J connectivity index is 2.41. The second-order valence-corrected chi connectivity index (χ2v) is 6.07. The lowest BCUT2D eigenvalue weighted by Crippen LogP contribution is -2.28. The van der Waals surface area contributed by atoms with Crippen molar-refractivity contribution in [3.8, 4) is 0 Å². The van der Waals surface area contributed by atoms with Crippen LogP contribution in [0.5, 0.6) is 0 Å².